The molecule has 1 aromatic carbocycles. The van der Waals surface area contributed by atoms with Crippen LogP contribution < -0.4 is 10.6 Å². The SMILES string of the molecule is CCNC(=NCCCN1CCc2ccccc2C1)NC1CCN(C(=O)CC)C1.I. The van der Waals surface area contributed by atoms with Crippen LogP contribution in [0.25, 0.3) is 0 Å². The van der Waals surface area contributed by atoms with Gasteiger partial charge in [0, 0.05) is 58.3 Å². The fraction of sp³-hybridized carbons (Fsp3) is 0.636. The van der Waals surface area contributed by atoms with Crippen molar-refractivity contribution in [1.29, 1.82) is 0 Å². The Morgan fingerprint density at radius 1 is 1.21 bits per heavy atom. The van der Waals surface area contributed by atoms with Gasteiger partial charge in [-0.25, -0.2) is 0 Å². The summed E-state index contributed by atoms with van der Waals surface area (Å²) in [6.45, 7) is 10.6. The molecular weight excluding hydrogens is 477 g/mol. The molecule has 162 valence electrons. The highest BCUT2D eigenvalue weighted by Gasteiger charge is 2.25. The molecule has 7 heteroatoms. The lowest BCUT2D eigenvalue weighted by Gasteiger charge is -2.28. The highest BCUT2D eigenvalue weighted by molar-refractivity contribution is 14.0. The maximum Gasteiger partial charge on any atom is 0.222 e. The molecule has 1 aromatic rings. The van der Waals surface area contributed by atoms with Crippen LogP contribution >= 0.6 is 24.0 Å². The maximum absolute atomic E-state index is 11.9. The fourth-order valence-corrected chi connectivity index (χ4v) is 4.07. The Morgan fingerprint density at radius 2 is 2.00 bits per heavy atom. The summed E-state index contributed by atoms with van der Waals surface area (Å²) in [4.78, 5) is 21.1. The monoisotopic (exact) mass is 513 g/mol. The van der Waals surface area contributed by atoms with Crippen molar-refractivity contribution in [2.45, 2.75) is 52.1 Å². The molecular formula is C22H36IN5O. The number of fused-ring (bicyclic) bond motifs is 1. The number of rotatable bonds is 7. The summed E-state index contributed by atoms with van der Waals surface area (Å²) in [6, 6.07) is 9.08. The molecule has 0 bridgehead atoms. The number of carbonyl (C=O) groups is 1. The van der Waals surface area contributed by atoms with Gasteiger partial charge in [0.2, 0.25) is 5.91 Å². The molecule has 0 aliphatic carbocycles. The van der Waals surface area contributed by atoms with E-state index in [9.17, 15) is 4.79 Å². The topological polar surface area (TPSA) is 60.0 Å². The molecule has 1 unspecified atom stereocenters. The number of carbonyl (C=O) groups excluding carboxylic acids is 1. The molecule has 0 radical (unpaired) electrons. The third kappa shape index (κ3) is 7.13. The molecule has 6 nitrogen and oxygen atoms in total. The Kier molecular flexibility index (Phi) is 10.2. The first-order chi connectivity index (χ1) is 13.7. The summed E-state index contributed by atoms with van der Waals surface area (Å²) in [6.07, 6.45) is 3.79. The second kappa shape index (κ2) is 12.4. The van der Waals surface area contributed by atoms with E-state index < -0.39 is 0 Å². The number of benzene rings is 1. The van der Waals surface area contributed by atoms with Crippen molar-refractivity contribution in [2.75, 3.05) is 39.3 Å². The number of hydrogen-bond acceptors (Lipinski definition) is 3. The second-order valence-electron chi connectivity index (χ2n) is 7.73. The predicted octanol–water partition coefficient (Wildman–Crippen LogP) is 2.62. The number of aliphatic imine (C=N–C) groups is 1. The minimum Gasteiger partial charge on any atom is -0.357 e. The normalized spacial score (nSPS) is 19.4. The highest BCUT2D eigenvalue weighted by atomic mass is 127. The van der Waals surface area contributed by atoms with E-state index in [1.807, 2.05) is 11.8 Å². The van der Waals surface area contributed by atoms with Crippen molar-refractivity contribution in [3.63, 3.8) is 0 Å². The lowest BCUT2D eigenvalue weighted by atomic mass is 10.00. The van der Waals surface area contributed by atoms with Crippen molar-refractivity contribution >= 4 is 35.8 Å². The first-order valence-corrected chi connectivity index (χ1v) is 10.8. The Hall–Kier alpha value is -1.35. The Bertz CT molecular complexity index is 681. The average molecular weight is 513 g/mol. The summed E-state index contributed by atoms with van der Waals surface area (Å²) in [5.74, 6) is 1.12. The van der Waals surface area contributed by atoms with Gasteiger partial charge in [0.15, 0.2) is 5.96 Å². The summed E-state index contributed by atoms with van der Waals surface area (Å²) >= 11 is 0. The smallest absolute Gasteiger partial charge is 0.222 e. The minimum absolute atomic E-state index is 0. The van der Waals surface area contributed by atoms with E-state index >= 15 is 0 Å². The van der Waals surface area contributed by atoms with Crippen LogP contribution in [0.15, 0.2) is 29.3 Å². The zero-order valence-corrected chi connectivity index (χ0v) is 20.2. The molecule has 1 fully saturated rings. The van der Waals surface area contributed by atoms with Crippen LogP contribution in [0.4, 0.5) is 0 Å². The van der Waals surface area contributed by atoms with Gasteiger partial charge in [-0.2, -0.15) is 0 Å². The molecule has 0 saturated carbocycles. The molecule has 0 spiro atoms. The second-order valence-corrected chi connectivity index (χ2v) is 7.73. The van der Waals surface area contributed by atoms with Crippen LogP contribution in [0.1, 0.15) is 44.2 Å². The molecule has 29 heavy (non-hydrogen) atoms. The Morgan fingerprint density at radius 3 is 2.76 bits per heavy atom. The molecule has 2 heterocycles. The molecule has 1 saturated heterocycles. The summed E-state index contributed by atoms with van der Waals surface area (Å²) in [5, 5.41) is 6.85. The van der Waals surface area contributed by atoms with Gasteiger partial charge in [-0.15, -0.1) is 24.0 Å². The van der Waals surface area contributed by atoms with Gasteiger partial charge in [0.05, 0.1) is 0 Å². The van der Waals surface area contributed by atoms with Gasteiger partial charge in [0.25, 0.3) is 0 Å². The summed E-state index contributed by atoms with van der Waals surface area (Å²) < 4.78 is 0. The molecule has 3 rings (SSSR count). The van der Waals surface area contributed by atoms with Gasteiger partial charge in [0.1, 0.15) is 0 Å². The van der Waals surface area contributed by atoms with Crippen LogP contribution in [0.5, 0.6) is 0 Å². The van der Waals surface area contributed by atoms with Crippen LogP contribution in [0.3, 0.4) is 0 Å². The number of guanidine groups is 1. The van der Waals surface area contributed by atoms with E-state index in [2.05, 4.69) is 46.7 Å². The number of hydrogen-bond donors (Lipinski definition) is 2. The minimum atomic E-state index is 0. The van der Waals surface area contributed by atoms with E-state index in [-0.39, 0.29) is 29.9 Å². The third-order valence-electron chi connectivity index (χ3n) is 5.64. The van der Waals surface area contributed by atoms with Crippen molar-refractivity contribution in [2.24, 2.45) is 4.99 Å². The zero-order valence-electron chi connectivity index (χ0n) is 17.8. The number of likely N-dealkylation sites (tertiary alicyclic amines) is 1. The zero-order chi connectivity index (χ0) is 19.8. The van der Waals surface area contributed by atoms with Gasteiger partial charge in [-0.3, -0.25) is 14.7 Å². The average Bonchev–Trinajstić information content (AvgIpc) is 3.19. The van der Waals surface area contributed by atoms with E-state index in [0.717, 1.165) is 71.0 Å². The standard InChI is InChI=1S/C22H35N5O.HI/c1-3-21(28)27-15-11-20(17-27)25-22(23-4-2)24-12-7-13-26-14-10-18-8-5-6-9-19(18)16-26;/h5-6,8-9,20H,3-4,7,10-17H2,1-2H3,(H2,23,24,25);1H. The fourth-order valence-electron chi connectivity index (χ4n) is 4.07. The number of nitrogens with one attached hydrogen (secondary N) is 2. The quantitative estimate of drug-likeness (QED) is 0.255. The van der Waals surface area contributed by atoms with Gasteiger partial charge >= 0.3 is 0 Å². The van der Waals surface area contributed by atoms with Crippen LogP contribution in [-0.4, -0.2) is 67.0 Å². The molecule has 2 N–H and O–H groups in total. The first kappa shape index (κ1) is 23.9. The molecule has 2 aliphatic rings. The highest BCUT2D eigenvalue weighted by Crippen LogP contribution is 2.18. The first-order valence-electron chi connectivity index (χ1n) is 10.8. The lowest BCUT2D eigenvalue weighted by Crippen LogP contribution is -2.45. The van der Waals surface area contributed by atoms with Crippen LogP contribution in [0, 0.1) is 0 Å². The van der Waals surface area contributed by atoms with Gasteiger partial charge < -0.3 is 15.5 Å². The van der Waals surface area contributed by atoms with Crippen molar-refractivity contribution < 1.29 is 4.79 Å². The lowest BCUT2D eigenvalue weighted by molar-refractivity contribution is -0.129. The van der Waals surface area contributed by atoms with Crippen LogP contribution in [0.2, 0.25) is 0 Å². The largest absolute Gasteiger partial charge is 0.357 e. The maximum atomic E-state index is 11.9. The molecule has 1 atom stereocenters. The predicted molar refractivity (Wildman–Crippen MR) is 130 cm³/mol. The van der Waals surface area contributed by atoms with E-state index in [1.165, 1.54) is 11.1 Å². The summed E-state index contributed by atoms with van der Waals surface area (Å²) in [7, 11) is 0. The summed E-state index contributed by atoms with van der Waals surface area (Å²) in [5.41, 5.74) is 2.97. The molecule has 0 aromatic heterocycles. The van der Waals surface area contributed by atoms with Crippen molar-refractivity contribution in [1.82, 2.24) is 20.4 Å². The van der Waals surface area contributed by atoms with Gasteiger partial charge in [-0.05, 0) is 37.3 Å². The van der Waals surface area contributed by atoms with Gasteiger partial charge in [-0.1, -0.05) is 31.2 Å². The number of nitrogens with zero attached hydrogens (tertiary/aromatic N) is 3. The van der Waals surface area contributed by atoms with E-state index in [0.29, 0.717) is 12.5 Å². The van der Waals surface area contributed by atoms with Crippen molar-refractivity contribution in [3.05, 3.63) is 35.4 Å². The third-order valence-corrected chi connectivity index (χ3v) is 5.64. The van der Waals surface area contributed by atoms with Crippen molar-refractivity contribution in [3.8, 4) is 0 Å². The molecule has 2 aliphatic heterocycles. The van der Waals surface area contributed by atoms with E-state index in [1.54, 1.807) is 0 Å². The Balaban J connectivity index is 0.00000300. The molecule has 1 amide bonds. The van der Waals surface area contributed by atoms with Crippen LogP contribution in [-0.2, 0) is 17.8 Å². The number of amides is 1. The Labute approximate surface area is 192 Å². The number of halogens is 1. The van der Waals surface area contributed by atoms with E-state index in [4.69, 9.17) is 4.99 Å².